The van der Waals surface area contributed by atoms with Crippen LogP contribution in [0.25, 0.3) is 10.6 Å². The predicted molar refractivity (Wildman–Crippen MR) is 81.5 cm³/mol. The van der Waals surface area contributed by atoms with Crippen molar-refractivity contribution in [3.63, 3.8) is 0 Å². The highest BCUT2D eigenvalue weighted by molar-refractivity contribution is 7.19. The van der Waals surface area contributed by atoms with Crippen molar-refractivity contribution in [1.29, 1.82) is 5.26 Å². The fourth-order valence-electron chi connectivity index (χ4n) is 2.33. The summed E-state index contributed by atoms with van der Waals surface area (Å²) in [5, 5.41) is 13.4. The highest BCUT2D eigenvalue weighted by Crippen LogP contribution is 2.29. The first-order valence-electron chi connectivity index (χ1n) is 6.73. The highest BCUT2D eigenvalue weighted by Gasteiger charge is 2.28. The summed E-state index contributed by atoms with van der Waals surface area (Å²) in [5.41, 5.74) is 1.04. The van der Waals surface area contributed by atoms with Crippen molar-refractivity contribution < 1.29 is 4.79 Å². The summed E-state index contributed by atoms with van der Waals surface area (Å²) < 4.78 is 0. The van der Waals surface area contributed by atoms with Gasteiger partial charge in [0.25, 0.3) is 0 Å². The quantitative estimate of drug-likeness (QED) is 0.884. The third-order valence-corrected chi connectivity index (χ3v) is 4.44. The van der Waals surface area contributed by atoms with Crippen LogP contribution in [0.5, 0.6) is 0 Å². The number of anilines is 1. The minimum absolute atomic E-state index is 0.0315. The van der Waals surface area contributed by atoms with Crippen LogP contribution in [0.15, 0.2) is 36.5 Å². The summed E-state index contributed by atoms with van der Waals surface area (Å²) in [7, 11) is 0. The van der Waals surface area contributed by atoms with Gasteiger partial charge in [-0.3, -0.25) is 4.79 Å². The molecule has 0 spiro atoms. The zero-order valence-electron chi connectivity index (χ0n) is 11.3. The minimum Gasteiger partial charge on any atom is -0.316 e. The fourth-order valence-corrected chi connectivity index (χ4v) is 3.16. The van der Waals surface area contributed by atoms with Gasteiger partial charge in [0.05, 0.1) is 12.1 Å². The Hall–Kier alpha value is -2.39. The van der Waals surface area contributed by atoms with Crippen molar-refractivity contribution in [2.24, 2.45) is 5.92 Å². The third kappa shape index (κ3) is 3.03. The first kappa shape index (κ1) is 13.6. The van der Waals surface area contributed by atoms with E-state index in [-0.39, 0.29) is 11.8 Å². The van der Waals surface area contributed by atoms with Crippen molar-refractivity contribution in [3.05, 3.63) is 36.5 Å². The number of amides is 1. The molecule has 1 atom stereocenters. The van der Waals surface area contributed by atoms with E-state index >= 15 is 0 Å². The van der Waals surface area contributed by atoms with E-state index in [2.05, 4.69) is 16.5 Å². The minimum atomic E-state index is -0.119. The normalized spacial score (nSPS) is 17.5. The molecule has 1 aromatic heterocycles. The monoisotopic (exact) mass is 298 g/mol. The van der Waals surface area contributed by atoms with Crippen molar-refractivity contribution in [2.75, 3.05) is 18.4 Å². The second kappa shape index (κ2) is 5.94. The molecule has 6 heteroatoms. The standard InChI is InChI=1S/C15H14N4OS/c16-10-19-7-6-12(9-19)14(20)18-13-8-17-15(21-13)11-4-2-1-3-5-11/h1-5,8,12H,6-7,9H2,(H,18,20). The van der Waals surface area contributed by atoms with Gasteiger partial charge in [-0.2, -0.15) is 5.26 Å². The van der Waals surface area contributed by atoms with Crippen LogP contribution in [-0.2, 0) is 4.79 Å². The molecule has 0 saturated carbocycles. The molecule has 1 amide bonds. The lowest BCUT2D eigenvalue weighted by Gasteiger charge is -2.08. The van der Waals surface area contributed by atoms with Crippen LogP contribution in [-0.4, -0.2) is 28.9 Å². The third-order valence-electron chi connectivity index (χ3n) is 3.47. The molecule has 0 radical (unpaired) electrons. The molecule has 0 aliphatic carbocycles. The van der Waals surface area contributed by atoms with Crippen LogP contribution < -0.4 is 5.32 Å². The van der Waals surface area contributed by atoms with Gasteiger partial charge in [0, 0.05) is 18.7 Å². The lowest BCUT2D eigenvalue weighted by atomic mass is 10.1. The van der Waals surface area contributed by atoms with Crippen LogP contribution in [0.2, 0.25) is 0 Å². The number of rotatable bonds is 3. The van der Waals surface area contributed by atoms with Gasteiger partial charge in [-0.1, -0.05) is 41.7 Å². The molecule has 1 unspecified atom stereocenters. The molecule has 21 heavy (non-hydrogen) atoms. The van der Waals surface area contributed by atoms with E-state index in [0.717, 1.165) is 22.0 Å². The predicted octanol–water partition coefficient (Wildman–Crippen LogP) is 2.55. The average Bonchev–Trinajstić information content (AvgIpc) is 3.17. The molecule has 0 bridgehead atoms. The Morgan fingerprint density at radius 2 is 2.24 bits per heavy atom. The number of hydrogen-bond acceptors (Lipinski definition) is 5. The number of aromatic nitrogens is 1. The molecule has 1 saturated heterocycles. The zero-order chi connectivity index (χ0) is 14.7. The summed E-state index contributed by atoms with van der Waals surface area (Å²) in [4.78, 5) is 18.1. The Labute approximate surface area is 126 Å². The number of hydrogen-bond donors (Lipinski definition) is 1. The number of carbonyl (C=O) groups excluding carboxylic acids is 1. The Kier molecular flexibility index (Phi) is 3.84. The number of nitriles is 1. The Balaban J connectivity index is 1.65. The van der Waals surface area contributed by atoms with E-state index in [1.807, 2.05) is 30.3 Å². The number of likely N-dealkylation sites (tertiary alicyclic amines) is 1. The maximum Gasteiger partial charge on any atom is 0.230 e. The largest absolute Gasteiger partial charge is 0.316 e. The maximum atomic E-state index is 12.2. The van der Waals surface area contributed by atoms with Gasteiger partial charge in [-0.15, -0.1) is 0 Å². The number of thiazole rings is 1. The van der Waals surface area contributed by atoms with Gasteiger partial charge in [0.2, 0.25) is 5.91 Å². The lowest BCUT2D eigenvalue weighted by molar-refractivity contribution is -0.119. The van der Waals surface area contributed by atoms with E-state index < -0.39 is 0 Å². The summed E-state index contributed by atoms with van der Waals surface area (Å²) in [6.45, 7) is 1.17. The van der Waals surface area contributed by atoms with Crippen LogP contribution in [0, 0.1) is 17.4 Å². The Bertz CT molecular complexity index is 676. The second-order valence-corrected chi connectivity index (χ2v) is 5.95. The molecular formula is C15H14N4OS. The van der Waals surface area contributed by atoms with E-state index in [1.165, 1.54) is 11.3 Å². The van der Waals surface area contributed by atoms with Gasteiger partial charge in [0.15, 0.2) is 6.19 Å². The molecule has 1 fully saturated rings. The molecule has 1 aromatic carbocycles. The van der Waals surface area contributed by atoms with Crippen molar-refractivity contribution in [2.45, 2.75) is 6.42 Å². The molecule has 3 rings (SSSR count). The van der Waals surface area contributed by atoms with Crippen LogP contribution in [0.1, 0.15) is 6.42 Å². The van der Waals surface area contributed by atoms with E-state index in [0.29, 0.717) is 13.1 Å². The van der Waals surface area contributed by atoms with Crippen LogP contribution in [0.4, 0.5) is 5.00 Å². The van der Waals surface area contributed by atoms with Gasteiger partial charge in [-0.25, -0.2) is 4.98 Å². The fraction of sp³-hybridized carbons (Fsp3) is 0.267. The Morgan fingerprint density at radius 1 is 1.43 bits per heavy atom. The first-order chi connectivity index (χ1) is 10.3. The zero-order valence-corrected chi connectivity index (χ0v) is 12.1. The number of carbonyl (C=O) groups is 1. The van der Waals surface area contributed by atoms with Crippen molar-refractivity contribution in [3.8, 4) is 16.8 Å². The summed E-state index contributed by atoms with van der Waals surface area (Å²) in [6.07, 6.45) is 4.49. The number of benzene rings is 1. The Morgan fingerprint density at radius 3 is 2.95 bits per heavy atom. The molecule has 2 aromatic rings. The van der Waals surface area contributed by atoms with Gasteiger partial charge < -0.3 is 10.2 Å². The first-order valence-corrected chi connectivity index (χ1v) is 7.54. The van der Waals surface area contributed by atoms with Crippen molar-refractivity contribution in [1.82, 2.24) is 9.88 Å². The SMILES string of the molecule is N#CN1CCC(C(=O)Nc2cnc(-c3ccccc3)s2)C1. The molecule has 5 nitrogen and oxygen atoms in total. The smallest absolute Gasteiger partial charge is 0.230 e. The highest BCUT2D eigenvalue weighted by atomic mass is 32.1. The summed E-state index contributed by atoms with van der Waals surface area (Å²) in [6, 6.07) is 9.87. The maximum absolute atomic E-state index is 12.2. The molecule has 106 valence electrons. The van der Waals surface area contributed by atoms with Crippen molar-refractivity contribution >= 4 is 22.2 Å². The van der Waals surface area contributed by atoms with Crippen LogP contribution >= 0.6 is 11.3 Å². The molecule has 2 heterocycles. The van der Waals surface area contributed by atoms with E-state index in [1.54, 1.807) is 11.1 Å². The lowest BCUT2D eigenvalue weighted by Crippen LogP contribution is -2.24. The van der Waals surface area contributed by atoms with E-state index in [9.17, 15) is 4.79 Å². The summed E-state index contributed by atoms with van der Waals surface area (Å²) in [5.74, 6) is -0.150. The topological polar surface area (TPSA) is 69.0 Å². The van der Waals surface area contributed by atoms with Gasteiger partial charge in [-0.05, 0) is 6.42 Å². The number of nitrogens with zero attached hydrogens (tertiary/aromatic N) is 3. The molecule has 1 aliphatic rings. The summed E-state index contributed by atoms with van der Waals surface area (Å²) >= 11 is 1.46. The molecule has 1 N–H and O–H groups in total. The second-order valence-electron chi connectivity index (χ2n) is 4.92. The molecule has 1 aliphatic heterocycles. The van der Waals surface area contributed by atoms with Gasteiger partial charge in [0.1, 0.15) is 10.0 Å². The number of nitrogens with one attached hydrogen (secondary N) is 1. The van der Waals surface area contributed by atoms with E-state index in [4.69, 9.17) is 5.26 Å². The average molecular weight is 298 g/mol. The van der Waals surface area contributed by atoms with Gasteiger partial charge >= 0.3 is 0 Å². The van der Waals surface area contributed by atoms with Crippen LogP contribution in [0.3, 0.4) is 0 Å². The molecular weight excluding hydrogens is 284 g/mol.